The predicted octanol–water partition coefficient (Wildman–Crippen LogP) is 3.02. The molecule has 0 radical (unpaired) electrons. The van der Waals surface area contributed by atoms with Gasteiger partial charge in [0.1, 0.15) is 11.4 Å². The first-order valence-corrected chi connectivity index (χ1v) is 10.1. The summed E-state index contributed by atoms with van der Waals surface area (Å²) in [4.78, 5) is 22.1. The van der Waals surface area contributed by atoms with Crippen LogP contribution >= 0.6 is 0 Å². The van der Waals surface area contributed by atoms with Gasteiger partial charge in [0.25, 0.3) is 5.91 Å². The zero-order valence-corrected chi connectivity index (χ0v) is 16.7. The van der Waals surface area contributed by atoms with Crippen LogP contribution in [0.2, 0.25) is 0 Å². The lowest BCUT2D eigenvalue weighted by Gasteiger charge is -2.26. The van der Waals surface area contributed by atoms with E-state index >= 15 is 0 Å². The van der Waals surface area contributed by atoms with Crippen molar-refractivity contribution in [1.29, 1.82) is 0 Å². The molecule has 2 aromatic heterocycles. The highest BCUT2D eigenvalue weighted by molar-refractivity contribution is 6.08. The second-order valence-electron chi connectivity index (χ2n) is 7.84. The van der Waals surface area contributed by atoms with Gasteiger partial charge < -0.3 is 10.6 Å². The van der Waals surface area contributed by atoms with Crippen LogP contribution < -0.4 is 10.6 Å². The minimum Gasteiger partial charge on any atom is -0.371 e. The number of carbonyl (C=O) groups is 1. The third-order valence-corrected chi connectivity index (χ3v) is 5.77. The SMILES string of the molecule is Cc1cc(C)n2ncc(C(=O)Nc3ccc4c(c3)C(C3=NCCN3)CCC4)c2n1. The van der Waals surface area contributed by atoms with Gasteiger partial charge in [-0.3, -0.25) is 9.79 Å². The van der Waals surface area contributed by atoms with Gasteiger partial charge >= 0.3 is 0 Å². The van der Waals surface area contributed by atoms with Gasteiger partial charge in [-0.15, -0.1) is 0 Å². The van der Waals surface area contributed by atoms with Gasteiger partial charge in [0.2, 0.25) is 0 Å². The number of aryl methyl sites for hydroxylation is 3. The molecule has 7 nitrogen and oxygen atoms in total. The number of hydrogen-bond acceptors (Lipinski definition) is 5. The van der Waals surface area contributed by atoms with Crippen molar-refractivity contribution in [3.63, 3.8) is 0 Å². The molecule has 0 spiro atoms. The standard InChI is InChI=1S/C22H24N6O/c1-13-10-14(2)28-21(26-13)19(12-25-28)22(29)27-16-7-6-15-4-3-5-17(18(15)11-16)20-23-8-9-24-20/h6-7,10-12,17H,3-5,8-9H2,1-2H3,(H,23,24)(H,27,29). The van der Waals surface area contributed by atoms with Crippen molar-refractivity contribution >= 4 is 23.1 Å². The van der Waals surface area contributed by atoms with Gasteiger partial charge in [0, 0.05) is 29.5 Å². The normalized spacial score (nSPS) is 18.3. The number of hydrogen-bond donors (Lipinski definition) is 2. The maximum absolute atomic E-state index is 13.0. The van der Waals surface area contributed by atoms with E-state index in [1.807, 2.05) is 26.0 Å². The van der Waals surface area contributed by atoms with Crippen LogP contribution in [0.25, 0.3) is 5.65 Å². The first kappa shape index (κ1) is 17.8. The first-order chi connectivity index (χ1) is 14.1. The topological polar surface area (TPSA) is 83.7 Å². The predicted molar refractivity (Wildman–Crippen MR) is 113 cm³/mol. The smallest absolute Gasteiger partial charge is 0.261 e. The molecule has 7 heteroatoms. The molecule has 1 aliphatic heterocycles. The van der Waals surface area contributed by atoms with E-state index in [1.165, 1.54) is 11.1 Å². The fraction of sp³-hybridized carbons (Fsp3) is 0.364. The molecular formula is C22H24N6O. The lowest BCUT2D eigenvalue weighted by molar-refractivity contribution is 0.102. The largest absolute Gasteiger partial charge is 0.371 e. The van der Waals surface area contributed by atoms with E-state index in [2.05, 4.69) is 37.8 Å². The molecule has 3 heterocycles. The summed E-state index contributed by atoms with van der Waals surface area (Å²) in [6, 6.07) is 8.17. The van der Waals surface area contributed by atoms with Gasteiger partial charge in [-0.25, -0.2) is 9.50 Å². The van der Waals surface area contributed by atoms with Crippen molar-refractivity contribution in [3.8, 4) is 0 Å². The van der Waals surface area contributed by atoms with Crippen LogP contribution in [0.4, 0.5) is 5.69 Å². The van der Waals surface area contributed by atoms with E-state index in [-0.39, 0.29) is 5.91 Å². The van der Waals surface area contributed by atoms with Gasteiger partial charge in [-0.05, 0) is 62.4 Å². The number of fused-ring (bicyclic) bond motifs is 2. The zero-order valence-electron chi connectivity index (χ0n) is 16.7. The molecule has 0 bridgehead atoms. The number of nitrogens with one attached hydrogen (secondary N) is 2. The Balaban J connectivity index is 1.45. The minimum absolute atomic E-state index is 0.193. The van der Waals surface area contributed by atoms with Crippen LogP contribution in [0, 0.1) is 13.8 Å². The second-order valence-corrected chi connectivity index (χ2v) is 7.84. The maximum Gasteiger partial charge on any atom is 0.261 e. The number of aromatic nitrogens is 3. The molecule has 29 heavy (non-hydrogen) atoms. The number of benzene rings is 1. The van der Waals surface area contributed by atoms with E-state index in [0.29, 0.717) is 17.1 Å². The monoisotopic (exact) mass is 388 g/mol. The molecule has 1 atom stereocenters. The van der Waals surface area contributed by atoms with Gasteiger partial charge in [0.15, 0.2) is 5.65 Å². The van der Waals surface area contributed by atoms with E-state index in [9.17, 15) is 4.79 Å². The molecule has 1 unspecified atom stereocenters. The van der Waals surface area contributed by atoms with Gasteiger partial charge in [-0.1, -0.05) is 6.07 Å². The van der Waals surface area contributed by atoms with E-state index in [1.54, 1.807) is 10.7 Å². The molecular weight excluding hydrogens is 364 g/mol. The van der Waals surface area contributed by atoms with Crippen molar-refractivity contribution < 1.29 is 4.79 Å². The quantitative estimate of drug-likeness (QED) is 0.722. The highest BCUT2D eigenvalue weighted by Gasteiger charge is 2.27. The van der Waals surface area contributed by atoms with Crippen molar-refractivity contribution in [2.75, 3.05) is 18.4 Å². The minimum atomic E-state index is -0.193. The first-order valence-electron chi connectivity index (χ1n) is 10.1. The van der Waals surface area contributed by atoms with Crippen molar-refractivity contribution in [1.82, 2.24) is 19.9 Å². The summed E-state index contributed by atoms with van der Waals surface area (Å²) in [5.74, 6) is 1.19. The van der Waals surface area contributed by atoms with Crippen molar-refractivity contribution in [3.05, 3.63) is 58.5 Å². The molecule has 0 saturated carbocycles. The summed E-state index contributed by atoms with van der Waals surface area (Å²) < 4.78 is 1.70. The Morgan fingerprint density at radius 3 is 3.00 bits per heavy atom. The van der Waals surface area contributed by atoms with Crippen LogP contribution in [0.5, 0.6) is 0 Å². The van der Waals surface area contributed by atoms with Crippen molar-refractivity contribution in [2.24, 2.45) is 4.99 Å². The molecule has 1 aromatic carbocycles. The Morgan fingerprint density at radius 2 is 2.17 bits per heavy atom. The van der Waals surface area contributed by atoms with Crippen LogP contribution in [0.15, 0.2) is 35.5 Å². The Hall–Kier alpha value is -3.22. The highest BCUT2D eigenvalue weighted by atomic mass is 16.1. The van der Waals surface area contributed by atoms with Crippen molar-refractivity contribution in [2.45, 2.75) is 39.0 Å². The molecule has 3 aromatic rings. The number of aliphatic imine (C=N–C) groups is 1. The summed E-state index contributed by atoms with van der Waals surface area (Å²) >= 11 is 0. The summed E-state index contributed by atoms with van der Waals surface area (Å²) in [5.41, 5.74) is 6.29. The Kier molecular flexibility index (Phi) is 4.30. The van der Waals surface area contributed by atoms with E-state index < -0.39 is 0 Å². The van der Waals surface area contributed by atoms with E-state index in [4.69, 9.17) is 0 Å². The van der Waals surface area contributed by atoms with Crippen LogP contribution in [0.1, 0.15) is 51.6 Å². The van der Waals surface area contributed by atoms with Gasteiger partial charge in [-0.2, -0.15) is 5.10 Å². The Bertz CT molecular complexity index is 1150. The summed E-state index contributed by atoms with van der Waals surface area (Å²) in [6.45, 7) is 5.64. The fourth-order valence-corrected chi connectivity index (χ4v) is 4.44. The number of rotatable bonds is 3. The average molecular weight is 388 g/mol. The van der Waals surface area contributed by atoms with Crippen LogP contribution in [-0.2, 0) is 6.42 Å². The second kappa shape index (κ2) is 6.99. The zero-order chi connectivity index (χ0) is 20.0. The molecule has 2 aliphatic rings. The molecule has 0 saturated heterocycles. The Morgan fingerprint density at radius 1 is 1.28 bits per heavy atom. The summed E-state index contributed by atoms with van der Waals surface area (Å²) in [7, 11) is 0. The lowest BCUT2D eigenvalue weighted by Crippen LogP contribution is -2.28. The number of nitrogens with zero attached hydrogens (tertiary/aromatic N) is 4. The third kappa shape index (κ3) is 3.16. The molecule has 0 fully saturated rings. The van der Waals surface area contributed by atoms with E-state index in [0.717, 1.165) is 55.3 Å². The maximum atomic E-state index is 13.0. The fourth-order valence-electron chi connectivity index (χ4n) is 4.44. The molecule has 1 aliphatic carbocycles. The number of amidine groups is 1. The molecule has 2 N–H and O–H groups in total. The number of amides is 1. The number of carbonyl (C=O) groups excluding carboxylic acids is 1. The molecule has 148 valence electrons. The summed E-state index contributed by atoms with van der Waals surface area (Å²) in [6.07, 6.45) is 4.91. The van der Waals surface area contributed by atoms with Crippen LogP contribution in [-0.4, -0.2) is 39.4 Å². The summed E-state index contributed by atoms with van der Waals surface area (Å²) in [5, 5.41) is 10.8. The Labute approximate surface area is 169 Å². The lowest BCUT2D eigenvalue weighted by atomic mass is 9.82. The average Bonchev–Trinajstić information content (AvgIpc) is 3.37. The number of anilines is 1. The van der Waals surface area contributed by atoms with Gasteiger partial charge in [0.05, 0.1) is 12.7 Å². The highest BCUT2D eigenvalue weighted by Crippen LogP contribution is 2.34. The molecule has 1 amide bonds. The molecule has 5 rings (SSSR count). The van der Waals surface area contributed by atoms with Crippen LogP contribution in [0.3, 0.4) is 0 Å². The third-order valence-electron chi connectivity index (χ3n) is 5.77.